The van der Waals surface area contributed by atoms with Crippen LogP contribution < -0.4 is 10.6 Å². The van der Waals surface area contributed by atoms with Gasteiger partial charge in [0, 0.05) is 18.5 Å². The molecular formula is C12H12F4N2O. The number of carbonyl (C=O) groups excluding carboxylic acids is 1. The molecule has 1 aromatic rings. The van der Waals surface area contributed by atoms with Gasteiger partial charge in [-0.25, -0.2) is 17.6 Å². The number of amides is 1. The van der Waals surface area contributed by atoms with Crippen LogP contribution in [-0.4, -0.2) is 18.5 Å². The van der Waals surface area contributed by atoms with Gasteiger partial charge < -0.3 is 10.6 Å². The van der Waals surface area contributed by atoms with Gasteiger partial charge in [0.1, 0.15) is 5.69 Å². The third-order valence-corrected chi connectivity index (χ3v) is 2.97. The first-order valence-electron chi connectivity index (χ1n) is 5.85. The van der Waals surface area contributed by atoms with E-state index in [9.17, 15) is 22.4 Å². The molecule has 1 saturated heterocycles. The number of nitrogens with one attached hydrogen (secondary N) is 2. The molecule has 0 spiro atoms. The minimum absolute atomic E-state index is 0.00296. The molecule has 0 bridgehead atoms. The minimum Gasteiger partial charge on any atom is -0.321 e. The van der Waals surface area contributed by atoms with Crippen LogP contribution in [0.4, 0.5) is 23.2 Å². The molecule has 1 unspecified atom stereocenters. The molecule has 1 amide bonds. The van der Waals surface area contributed by atoms with Crippen LogP contribution in [0.3, 0.4) is 0 Å². The van der Waals surface area contributed by atoms with Gasteiger partial charge in [-0.3, -0.25) is 4.79 Å². The van der Waals surface area contributed by atoms with E-state index in [-0.39, 0.29) is 18.5 Å². The Hall–Kier alpha value is -1.63. The second-order valence-electron chi connectivity index (χ2n) is 4.39. The van der Waals surface area contributed by atoms with Crippen molar-refractivity contribution in [3.63, 3.8) is 0 Å². The number of halogens is 4. The lowest BCUT2D eigenvalue weighted by Crippen LogP contribution is -2.28. The van der Waals surface area contributed by atoms with Crippen molar-refractivity contribution in [1.29, 1.82) is 0 Å². The van der Waals surface area contributed by atoms with E-state index in [4.69, 9.17) is 0 Å². The van der Waals surface area contributed by atoms with Gasteiger partial charge in [0.05, 0.1) is 0 Å². The molecule has 0 saturated carbocycles. The van der Waals surface area contributed by atoms with Gasteiger partial charge >= 0.3 is 0 Å². The molecule has 3 nitrogen and oxygen atoms in total. The van der Waals surface area contributed by atoms with E-state index in [1.807, 2.05) is 5.32 Å². The van der Waals surface area contributed by atoms with E-state index >= 15 is 0 Å². The topological polar surface area (TPSA) is 41.1 Å². The van der Waals surface area contributed by atoms with Crippen LogP contribution in [0, 0.1) is 23.3 Å². The van der Waals surface area contributed by atoms with Crippen molar-refractivity contribution in [1.82, 2.24) is 5.32 Å². The quantitative estimate of drug-likeness (QED) is 0.657. The van der Waals surface area contributed by atoms with Crippen LogP contribution in [0.2, 0.25) is 0 Å². The number of rotatable bonds is 3. The number of benzene rings is 1. The van der Waals surface area contributed by atoms with Gasteiger partial charge in [0.25, 0.3) is 0 Å². The smallest absolute Gasteiger partial charge is 0.226 e. The van der Waals surface area contributed by atoms with Crippen LogP contribution in [0.25, 0.3) is 0 Å². The van der Waals surface area contributed by atoms with Crippen LogP contribution in [0.1, 0.15) is 19.3 Å². The Labute approximate surface area is 107 Å². The van der Waals surface area contributed by atoms with Gasteiger partial charge in [-0.05, 0) is 19.4 Å². The van der Waals surface area contributed by atoms with E-state index in [0.717, 1.165) is 19.4 Å². The average molecular weight is 276 g/mol. The highest BCUT2D eigenvalue weighted by Gasteiger charge is 2.23. The van der Waals surface area contributed by atoms with Crippen LogP contribution in [-0.2, 0) is 4.79 Å². The lowest BCUT2D eigenvalue weighted by Gasteiger charge is -2.12. The maximum atomic E-state index is 13.3. The molecule has 7 heteroatoms. The first-order chi connectivity index (χ1) is 8.99. The molecule has 1 atom stereocenters. The van der Waals surface area contributed by atoms with Crippen molar-refractivity contribution in [2.24, 2.45) is 0 Å². The maximum absolute atomic E-state index is 13.3. The Morgan fingerprint density at radius 2 is 1.89 bits per heavy atom. The zero-order valence-electron chi connectivity index (χ0n) is 9.90. The minimum atomic E-state index is -1.60. The summed E-state index contributed by atoms with van der Waals surface area (Å²) < 4.78 is 52.5. The fraction of sp³-hybridized carbons (Fsp3) is 0.417. The highest BCUT2D eigenvalue weighted by atomic mass is 19.2. The SMILES string of the molecule is O=C(CC1CCCN1)Nc1c(F)c(F)cc(F)c1F. The molecule has 1 heterocycles. The fourth-order valence-electron chi connectivity index (χ4n) is 2.03. The van der Waals surface area contributed by atoms with E-state index in [2.05, 4.69) is 5.32 Å². The number of carbonyl (C=O) groups is 1. The predicted octanol–water partition coefficient (Wildman–Crippen LogP) is 2.32. The van der Waals surface area contributed by atoms with Crippen molar-refractivity contribution < 1.29 is 22.4 Å². The average Bonchev–Trinajstić information content (AvgIpc) is 2.85. The second-order valence-corrected chi connectivity index (χ2v) is 4.39. The highest BCUT2D eigenvalue weighted by molar-refractivity contribution is 5.91. The molecule has 0 radical (unpaired) electrons. The lowest BCUT2D eigenvalue weighted by atomic mass is 10.1. The molecule has 2 rings (SSSR count). The summed E-state index contributed by atoms with van der Waals surface area (Å²) in [5.41, 5.74) is -1.08. The van der Waals surface area contributed by atoms with E-state index in [1.165, 1.54) is 0 Å². The van der Waals surface area contributed by atoms with Crippen molar-refractivity contribution in [2.45, 2.75) is 25.3 Å². The summed E-state index contributed by atoms with van der Waals surface area (Å²) in [7, 11) is 0. The van der Waals surface area contributed by atoms with Gasteiger partial charge in [-0.2, -0.15) is 0 Å². The lowest BCUT2D eigenvalue weighted by molar-refractivity contribution is -0.116. The molecule has 1 aliphatic rings. The number of hydrogen-bond acceptors (Lipinski definition) is 2. The molecule has 1 aliphatic heterocycles. The molecule has 0 aliphatic carbocycles. The Balaban J connectivity index is 2.11. The molecule has 1 aromatic carbocycles. The van der Waals surface area contributed by atoms with Gasteiger partial charge in [0.15, 0.2) is 23.3 Å². The summed E-state index contributed by atoms with van der Waals surface area (Å²) in [5.74, 6) is -7.00. The molecular weight excluding hydrogens is 264 g/mol. The van der Waals surface area contributed by atoms with E-state index < -0.39 is 34.9 Å². The standard InChI is InChI=1S/C12H12F4N2O/c13-7-5-8(14)11(16)12(10(7)15)18-9(19)4-6-2-1-3-17-6/h5-6,17H,1-4H2,(H,18,19). The van der Waals surface area contributed by atoms with E-state index in [0.29, 0.717) is 0 Å². The van der Waals surface area contributed by atoms with E-state index in [1.54, 1.807) is 0 Å². The zero-order valence-corrected chi connectivity index (χ0v) is 9.90. The second kappa shape index (κ2) is 5.56. The molecule has 0 aromatic heterocycles. The van der Waals surface area contributed by atoms with Crippen molar-refractivity contribution in [3.05, 3.63) is 29.3 Å². The Bertz CT molecular complexity index is 475. The van der Waals surface area contributed by atoms with Crippen molar-refractivity contribution in [2.75, 3.05) is 11.9 Å². The van der Waals surface area contributed by atoms with Crippen LogP contribution in [0.15, 0.2) is 6.07 Å². The Morgan fingerprint density at radius 1 is 1.26 bits per heavy atom. The summed E-state index contributed by atoms with van der Waals surface area (Å²) in [6, 6.07) is 0.0169. The van der Waals surface area contributed by atoms with Gasteiger partial charge in [0.2, 0.25) is 5.91 Å². The van der Waals surface area contributed by atoms with Crippen molar-refractivity contribution >= 4 is 11.6 Å². The maximum Gasteiger partial charge on any atom is 0.226 e. The first kappa shape index (κ1) is 13.8. The van der Waals surface area contributed by atoms with Gasteiger partial charge in [-0.1, -0.05) is 0 Å². The Kier molecular flexibility index (Phi) is 4.04. The first-order valence-corrected chi connectivity index (χ1v) is 5.85. The van der Waals surface area contributed by atoms with Crippen LogP contribution >= 0.6 is 0 Å². The third-order valence-electron chi connectivity index (χ3n) is 2.97. The number of anilines is 1. The zero-order chi connectivity index (χ0) is 14.0. The van der Waals surface area contributed by atoms with Crippen LogP contribution in [0.5, 0.6) is 0 Å². The molecule has 1 fully saturated rings. The molecule has 19 heavy (non-hydrogen) atoms. The fourth-order valence-corrected chi connectivity index (χ4v) is 2.03. The van der Waals surface area contributed by atoms with Gasteiger partial charge in [-0.15, -0.1) is 0 Å². The summed E-state index contributed by atoms with van der Waals surface area (Å²) in [6.07, 6.45) is 1.68. The largest absolute Gasteiger partial charge is 0.321 e. The Morgan fingerprint density at radius 3 is 2.42 bits per heavy atom. The molecule has 2 N–H and O–H groups in total. The molecule has 104 valence electrons. The predicted molar refractivity (Wildman–Crippen MR) is 60.5 cm³/mol. The highest BCUT2D eigenvalue weighted by Crippen LogP contribution is 2.24. The summed E-state index contributed by atoms with van der Waals surface area (Å²) >= 11 is 0. The monoisotopic (exact) mass is 276 g/mol. The number of hydrogen-bond donors (Lipinski definition) is 2. The third kappa shape index (κ3) is 3.04. The summed E-state index contributed by atoms with van der Waals surface area (Å²) in [4.78, 5) is 11.6. The summed E-state index contributed by atoms with van der Waals surface area (Å²) in [6.45, 7) is 0.773. The summed E-state index contributed by atoms with van der Waals surface area (Å²) in [5, 5.41) is 4.91. The van der Waals surface area contributed by atoms with Crippen molar-refractivity contribution in [3.8, 4) is 0 Å². The normalized spacial score (nSPS) is 18.6.